The fraction of sp³-hybridized carbons (Fsp3) is 0.389. The van der Waals surface area contributed by atoms with E-state index in [0.29, 0.717) is 19.5 Å². The summed E-state index contributed by atoms with van der Waals surface area (Å²) in [7, 11) is 0. The molecule has 0 aliphatic carbocycles. The van der Waals surface area contributed by atoms with Gasteiger partial charge in [-0.2, -0.15) is 0 Å². The van der Waals surface area contributed by atoms with Gasteiger partial charge in [-0.05, 0) is 37.6 Å². The summed E-state index contributed by atoms with van der Waals surface area (Å²) < 4.78 is 5.37. The van der Waals surface area contributed by atoms with Crippen molar-refractivity contribution in [2.45, 2.75) is 32.9 Å². The second kappa shape index (κ2) is 8.18. The first-order chi connectivity index (χ1) is 12.5. The molecule has 0 saturated carbocycles. The molecule has 2 aromatic rings. The van der Waals surface area contributed by atoms with Crippen LogP contribution in [0.3, 0.4) is 0 Å². The predicted molar refractivity (Wildman–Crippen MR) is 96.4 cm³/mol. The Labute approximate surface area is 155 Å². The molecule has 0 atom stereocenters. The van der Waals surface area contributed by atoms with Gasteiger partial charge in [0.25, 0.3) is 0 Å². The van der Waals surface area contributed by atoms with Crippen molar-refractivity contribution in [3.05, 3.63) is 46.0 Å². The third-order valence-corrected chi connectivity index (χ3v) is 5.12. The van der Waals surface area contributed by atoms with Gasteiger partial charge in [-0.25, -0.2) is 4.79 Å². The Morgan fingerprint density at radius 3 is 2.77 bits per heavy atom. The molecule has 1 fully saturated rings. The average molecular weight is 375 g/mol. The number of imide groups is 1. The highest BCUT2D eigenvalue weighted by molar-refractivity contribution is 7.11. The number of thiophene rings is 1. The molecular formula is C18H21N3O4S. The van der Waals surface area contributed by atoms with E-state index < -0.39 is 0 Å². The number of furan rings is 1. The molecule has 1 N–H and O–H groups in total. The molecule has 0 spiro atoms. The standard InChI is InChI=1S/C18H21N3O4S/c1-13-6-7-15(26-13)12-20(11-14-4-3-9-25-14)16(22)5-2-8-21-17(23)10-19-18(21)24/h3-4,6-7,9H,2,5,8,10-12H2,1H3,(H,19,24). The monoisotopic (exact) mass is 375 g/mol. The SMILES string of the molecule is Cc1ccc(CN(Cc2ccco2)C(=O)CCCN2C(=O)CNC2=O)s1. The van der Waals surface area contributed by atoms with Gasteiger partial charge in [0.1, 0.15) is 5.76 Å². The molecule has 7 nitrogen and oxygen atoms in total. The van der Waals surface area contributed by atoms with E-state index in [-0.39, 0.29) is 37.4 Å². The van der Waals surface area contributed by atoms with Crippen LogP contribution < -0.4 is 5.32 Å². The molecule has 0 bridgehead atoms. The summed E-state index contributed by atoms with van der Waals surface area (Å²) in [4.78, 5) is 41.0. The average Bonchev–Trinajstić information content (AvgIpc) is 3.33. The second-order valence-electron chi connectivity index (χ2n) is 6.15. The number of amides is 4. The number of hydrogen-bond acceptors (Lipinski definition) is 5. The lowest BCUT2D eigenvalue weighted by Crippen LogP contribution is -2.34. The van der Waals surface area contributed by atoms with Gasteiger partial charge in [-0.15, -0.1) is 11.3 Å². The van der Waals surface area contributed by atoms with Crippen LogP contribution in [0, 0.1) is 6.92 Å². The first kappa shape index (κ1) is 18.2. The van der Waals surface area contributed by atoms with E-state index in [0.717, 1.165) is 15.5 Å². The van der Waals surface area contributed by atoms with E-state index in [1.165, 1.54) is 4.88 Å². The van der Waals surface area contributed by atoms with Gasteiger partial charge in [0.15, 0.2) is 0 Å². The summed E-state index contributed by atoms with van der Waals surface area (Å²) in [5, 5.41) is 2.48. The number of nitrogens with one attached hydrogen (secondary N) is 1. The number of aryl methyl sites for hydroxylation is 1. The summed E-state index contributed by atoms with van der Waals surface area (Å²) in [6.07, 6.45) is 2.29. The minimum absolute atomic E-state index is 0.0282. The fourth-order valence-corrected chi connectivity index (χ4v) is 3.72. The normalized spacial score (nSPS) is 14.0. The lowest BCUT2D eigenvalue weighted by atomic mass is 10.2. The molecule has 1 aliphatic rings. The molecule has 4 amide bonds. The number of hydrogen-bond donors (Lipinski definition) is 1. The third kappa shape index (κ3) is 4.51. The van der Waals surface area contributed by atoms with Gasteiger partial charge >= 0.3 is 6.03 Å². The van der Waals surface area contributed by atoms with Crippen LogP contribution in [0.2, 0.25) is 0 Å². The van der Waals surface area contributed by atoms with Gasteiger partial charge in [-0.1, -0.05) is 0 Å². The van der Waals surface area contributed by atoms with Crippen molar-refractivity contribution in [3.63, 3.8) is 0 Å². The summed E-state index contributed by atoms with van der Waals surface area (Å²) in [5.74, 6) is 0.448. The Kier molecular flexibility index (Phi) is 5.72. The molecule has 8 heteroatoms. The van der Waals surface area contributed by atoms with Crippen molar-refractivity contribution < 1.29 is 18.8 Å². The molecular weight excluding hydrogens is 354 g/mol. The van der Waals surface area contributed by atoms with Crippen LogP contribution in [0.5, 0.6) is 0 Å². The Balaban J connectivity index is 1.58. The van der Waals surface area contributed by atoms with E-state index in [1.54, 1.807) is 28.6 Å². The van der Waals surface area contributed by atoms with E-state index in [4.69, 9.17) is 4.42 Å². The smallest absolute Gasteiger partial charge is 0.324 e. The molecule has 26 heavy (non-hydrogen) atoms. The van der Waals surface area contributed by atoms with Gasteiger partial charge in [0.2, 0.25) is 11.8 Å². The molecule has 1 aliphatic heterocycles. The van der Waals surface area contributed by atoms with Crippen LogP contribution in [0.4, 0.5) is 4.79 Å². The number of urea groups is 1. The first-order valence-electron chi connectivity index (χ1n) is 8.46. The van der Waals surface area contributed by atoms with Crippen molar-refractivity contribution in [2.75, 3.05) is 13.1 Å². The molecule has 0 aromatic carbocycles. The predicted octanol–water partition coefficient (Wildman–Crippen LogP) is 2.51. The summed E-state index contributed by atoms with van der Waals surface area (Å²) in [6, 6.07) is 7.31. The highest BCUT2D eigenvalue weighted by Crippen LogP contribution is 2.19. The van der Waals surface area contributed by atoms with Crippen LogP contribution in [-0.4, -0.2) is 40.7 Å². The maximum atomic E-state index is 12.7. The third-order valence-electron chi connectivity index (χ3n) is 4.13. The maximum Gasteiger partial charge on any atom is 0.324 e. The molecule has 3 rings (SSSR count). The zero-order valence-electron chi connectivity index (χ0n) is 14.6. The van der Waals surface area contributed by atoms with Gasteiger partial charge < -0.3 is 14.6 Å². The van der Waals surface area contributed by atoms with Crippen molar-refractivity contribution >= 4 is 29.2 Å². The molecule has 2 aromatic heterocycles. The summed E-state index contributed by atoms with van der Waals surface area (Å²) >= 11 is 1.66. The number of rotatable bonds is 8. The lowest BCUT2D eigenvalue weighted by Gasteiger charge is -2.21. The molecule has 138 valence electrons. The van der Waals surface area contributed by atoms with Crippen LogP contribution in [0.1, 0.15) is 28.4 Å². The van der Waals surface area contributed by atoms with E-state index in [1.807, 2.05) is 25.1 Å². The molecule has 0 unspecified atom stereocenters. The first-order valence-corrected chi connectivity index (χ1v) is 9.28. The van der Waals surface area contributed by atoms with Crippen LogP contribution in [-0.2, 0) is 22.7 Å². The van der Waals surface area contributed by atoms with Gasteiger partial charge in [-0.3, -0.25) is 14.5 Å². The number of nitrogens with zero attached hydrogens (tertiary/aromatic N) is 2. The van der Waals surface area contributed by atoms with E-state index in [2.05, 4.69) is 5.32 Å². The van der Waals surface area contributed by atoms with Crippen LogP contribution >= 0.6 is 11.3 Å². The van der Waals surface area contributed by atoms with Crippen LogP contribution in [0.25, 0.3) is 0 Å². The number of carbonyl (C=O) groups is 3. The highest BCUT2D eigenvalue weighted by atomic mass is 32.1. The highest BCUT2D eigenvalue weighted by Gasteiger charge is 2.28. The lowest BCUT2D eigenvalue weighted by molar-refractivity contribution is -0.133. The molecule has 1 saturated heterocycles. The zero-order valence-corrected chi connectivity index (χ0v) is 15.4. The fourth-order valence-electron chi connectivity index (χ4n) is 2.81. The second-order valence-corrected chi connectivity index (χ2v) is 7.52. The summed E-state index contributed by atoms with van der Waals surface area (Å²) in [5.41, 5.74) is 0. The van der Waals surface area contributed by atoms with Crippen molar-refractivity contribution in [1.82, 2.24) is 15.1 Å². The minimum atomic E-state index is -0.385. The van der Waals surface area contributed by atoms with E-state index in [9.17, 15) is 14.4 Å². The van der Waals surface area contributed by atoms with E-state index >= 15 is 0 Å². The number of carbonyl (C=O) groups excluding carboxylic acids is 3. The van der Waals surface area contributed by atoms with Crippen molar-refractivity contribution in [2.24, 2.45) is 0 Å². The minimum Gasteiger partial charge on any atom is -0.467 e. The van der Waals surface area contributed by atoms with Crippen molar-refractivity contribution in [1.29, 1.82) is 0 Å². The Bertz CT molecular complexity index is 768. The molecule has 0 radical (unpaired) electrons. The van der Waals surface area contributed by atoms with Crippen LogP contribution in [0.15, 0.2) is 34.9 Å². The quantitative estimate of drug-likeness (QED) is 0.719. The summed E-state index contributed by atoms with van der Waals surface area (Å²) in [6.45, 7) is 3.23. The van der Waals surface area contributed by atoms with Crippen molar-refractivity contribution in [3.8, 4) is 0 Å². The topological polar surface area (TPSA) is 82.9 Å². The Morgan fingerprint density at radius 2 is 2.15 bits per heavy atom. The van der Waals surface area contributed by atoms with Gasteiger partial charge in [0.05, 0.1) is 25.9 Å². The largest absolute Gasteiger partial charge is 0.467 e. The maximum absolute atomic E-state index is 12.7. The van der Waals surface area contributed by atoms with Gasteiger partial charge in [0, 0.05) is 22.7 Å². The Hall–Kier alpha value is -2.61. The Morgan fingerprint density at radius 1 is 1.31 bits per heavy atom. The molecule has 3 heterocycles. The zero-order chi connectivity index (χ0) is 18.5.